The molecule has 0 unspecified atom stereocenters. The van der Waals surface area contributed by atoms with Crippen LogP contribution in [0.5, 0.6) is 0 Å². The highest BCUT2D eigenvalue weighted by atomic mass is 32.1. The lowest BCUT2D eigenvalue weighted by Gasteiger charge is -2.50. The van der Waals surface area contributed by atoms with Crippen LogP contribution in [0.4, 0.5) is 21.9 Å². The third-order valence-corrected chi connectivity index (χ3v) is 7.12. The highest BCUT2D eigenvalue weighted by Gasteiger charge is 2.63. The minimum atomic E-state index is -1.30. The molecule has 2 aromatic rings. The standard InChI is InChI=1S/C24H25N5O3S/c1-27-20(30)24(21(31)28(2)23(27)32)14-15-13-17(10-11-18(15)29-12-6-9-19(24)29)26-22(33)25-16-7-4-3-5-8-16/h3-5,7-8,10-11,13,19H,6,9,12,14H2,1-2H3,(H2,25,26,33)/t19-/m0/s1. The summed E-state index contributed by atoms with van der Waals surface area (Å²) >= 11 is 5.46. The van der Waals surface area contributed by atoms with Crippen LogP contribution in [0.2, 0.25) is 0 Å². The molecule has 0 bridgehead atoms. The zero-order valence-corrected chi connectivity index (χ0v) is 19.3. The van der Waals surface area contributed by atoms with E-state index in [1.807, 2.05) is 48.5 Å². The van der Waals surface area contributed by atoms with E-state index in [0.29, 0.717) is 5.11 Å². The Morgan fingerprint density at radius 2 is 1.64 bits per heavy atom. The number of amides is 4. The molecule has 5 rings (SSSR count). The first-order valence-corrected chi connectivity index (χ1v) is 11.4. The van der Waals surface area contributed by atoms with Gasteiger partial charge >= 0.3 is 6.03 Å². The number of carbonyl (C=O) groups is 3. The molecule has 9 heteroatoms. The summed E-state index contributed by atoms with van der Waals surface area (Å²) in [5, 5.41) is 6.79. The number of rotatable bonds is 2. The number of carbonyl (C=O) groups excluding carboxylic acids is 3. The van der Waals surface area contributed by atoms with E-state index in [9.17, 15) is 14.4 Å². The van der Waals surface area contributed by atoms with Crippen LogP contribution in [-0.4, -0.2) is 59.4 Å². The summed E-state index contributed by atoms with van der Waals surface area (Å²) in [6.07, 6.45) is 1.87. The molecule has 1 atom stereocenters. The van der Waals surface area contributed by atoms with Crippen molar-refractivity contribution in [3.63, 3.8) is 0 Å². The second kappa shape index (κ2) is 7.84. The third-order valence-electron chi connectivity index (χ3n) is 6.92. The smallest absolute Gasteiger partial charge is 0.332 e. The number of para-hydroxylation sites is 1. The number of barbiturate groups is 1. The molecule has 0 aromatic heterocycles. The van der Waals surface area contributed by atoms with Gasteiger partial charge in [0.15, 0.2) is 10.5 Å². The molecule has 170 valence electrons. The number of imide groups is 2. The Morgan fingerprint density at radius 3 is 2.33 bits per heavy atom. The highest BCUT2D eigenvalue weighted by molar-refractivity contribution is 7.80. The summed E-state index contributed by atoms with van der Waals surface area (Å²) in [6.45, 7) is 0.766. The minimum Gasteiger partial charge on any atom is -0.367 e. The Labute approximate surface area is 197 Å². The molecule has 3 aliphatic heterocycles. The summed E-state index contributed by atoms with van der Waals surface area (Å²) in [4.78, 5) is 43.7. The number of fused-ring (bicyclic) bond motifs is 4. The number of nitrogens with one attached hydrogen (secondary N) is 2. The number of urea groups is 1. The number of thiocarbonyl (C=S) groups is 1. The average molecular weight is 464 g/mol. The molecule has 2 fully saturated rings. The van der Waals surface area contributed by atoms with Crippen LogP contribution in [0.1, 0.15) is 18.4 Å². The molecule has 8 nitrogen and oxygen atoms in total. The van der Waals surface area contributed by atoms with E-state index in [-0.39, 0.29) is 12.5 Å². The quantitative estimate of drug-likeness (QED) is 0.523. The van der Waals surface area contributed by atoms with Crippen LogP contribution in [0.15, 0.2) is 48.5 Å². The number of hydrogen-bond acceptors (Lipinski definition) is 5. The molecule has 0 aliphatic carbocycles. The highest BCUT2D eigenvalue weighted by Crippen LogP contribution is 2.49. The second-order valence-electron chi connectivity index (χ2n) is 8.80. The van der Waals surface area contributed by atoms with E-state index in [1.54, 1.807) is 0 Å². The molecular weight excluding hydrogens is 438 g/mol. The van der Waals surface area contributed by atoms with Gasteiger partial charge in [-0.15, -0.1) is 0 Å². The van der Waals surface area contributed by atoms with Gasteiger partial charge in [0.25, 0.3) is 0 Å². The van der Waals surface area contributed by atoms with Crippen molar-refractivity contribution in [1.82, 2.24) is 9.80 Å². The van der Waals surface area contributed by atoms with Crippen molar-refractivity contribution in [1.29, 1.82) is 0 Å². The Kier molecular flexibility index (Phi) is 5.08. The molecule has 33 heavy (non-hydrogen) atoms. The lowest BCUT2D eigenvalue weighted by molar-refractivity contribution is -0.159. The van der Waals surface area contributed by atoms with Gasteiger partial charge in [0.1, 0.15) is 0 Å². The normalized spacial score (nSPS) is 21.2. The first-order valence-electron chi connectivity index (χ1n) is 11.0. The summed E-state index contributed by atoms with van der Waals surface area (Å²) in [5.41, 5.74) is 2.25. The maximum Gasteiger partial charge on any atom is 0.332 e. The second-order valence-corrected chi connectivity index (χ2v) is 9.21. The van der Waals surface area contributed by atoms with Gasteiger partial charge in [0, 0.05) is 37.7 Å². The van der Waals surface area contributed by atoms with Gasteiger partial charge in [-0.25, -0.2) is 4.79 Å². The summed E-state index contributed by atoms with van der Waals surface area (Å²) < 4.78 is 0. The molecular formula is C24H25N5O3S. The zero-order valence-electron chi connectivity index (χ0n) is 18.5. The molecule has 1 spiro atoms. The molecule has 3 aliphatic rings. The Hall–Kier alpha value is -3.46. The monoisotopic (exact) mass is 463 g/mol. The molecule has 2 saturated heterocycles. The van der Waals surface area contributed by atoms with Gasteiger partial charge in [0.05, 0.1) is 6.04 Å². The fourth-order valence-electron chi connectivity index (χ4n) is 5.41. The van der Waals surface area contributed by atoms with Crippen LogP contribution in [0, 0.1) is 5.41 Å². The van der Waals surface area contributed by atoms with Crippen molar-refractivity contribution in [3.05, 3.63) is 54.1 Å². The summed E-state index contributed by atoms with van der Waals surface area (Å²) in [7, 11) is 2.91. The van der Waals surface area contributed by atoms with E-state index in [0.717, 1.165) is 51.8 Å². The first-order chi connectivity index (χ1) is 15.8. The van der Waals surface area contributed by atoms with Crippen molar-refractivity contribution in [2.24, 2.45) is 5.41 Å². The van der Waals surface area contributed by atoms with Crippen molar-refractivity contribution in [2.45, 2.75) is 25.3 Å². The molecule has 3 heterocycles. The molecule has 0 radical (unpaired) electrons. The lowest BCUT2D eigenvalue weighted by Crippen LogP contribution is -2.70. The topological polar surface area (TPSA) is 85.0 Å². The minimum absolute atomic E-state index is 0.248. The maximum absolute atomic E-state index is 13.5. The zero-order chi connectivity index (χ0) is 23.3. The SMILES string of the molecule is CN1C(=O)N(C)C(=O)C2(Cc3cc(NC(=S)Nc4ccccc4)ccc3N3CCC[C@H]32)C1=O. The van der Waals surface area contributed by atoms with Crippen molar-refractivity contribution < 1.29 is 14.4 Å². The Bertz CT molecular complexity index is 1140. The molecule has 4 amide bonds. The van der Waals surface area contributed by atoms with Crippen LogP contribution in [0.25, 0.3) is 0 Å². The van der Waals surface area contributed by atoms with Gasteiger partial charge in [-0.05, 0) is 67.4 Å². The van der Waals surface area contributed by atoms with Gasteiger partial charge < -0.3 is 15.5 Å². The van der Waals surface area contributed by atoms with Crippen LogP contribution in [-0.2, 0) is 16.0 Å². The molecule has 2 N–H and O–H groups in total. The molecule has 2 aromatic carbocycles. The van der Waals surface area contributed by atoms with Crippen LogP contribution in [0.3, 0.4) is 0 Å². The first kappa shape index (κ1) is 21.4. The number of nitrogens with zero attached hydrogens (tertiary/aromatic N) is 3. The van der Waals surface area contributed by atoms with Crippen LogP contribution >= 0.6 is 12.2 Å². The van der Waals surface area contributed by atoms with Crippen molar-refractivity contribution in [2.75, 3.05) is 36.2 Å². The van der Waals surface area contributed by atoms with E-state index in [4.69, 9.17) is 12.2 Å². The largest absolute Gasteiger partial charge is 0.367 e. The fourth-order valence-corrected chi connectivity index (χ4v) is 5.65. The third kappa shape index (κ3) is 3.26. The predicted molar refractivity (Wildman–Crippen MR) is 130 cm³/mol. The summed E-state index contributed by atoms with van der Waals surface area (Å²) in [6, 6.07) is 14.7. The maximum atomic E-state index is 13.5. The van der Waals surface area contributed by atoms with E-state index in [2.05, 4.69) is 15.5 Å². The molecule has 0 saturated carbocycles. The number of benzene rings is 2. The number of anilines is 3. The number of hydrogen-bond donors (Lipinski definition) is 2. The van der Waals surface area contributed by atoms with E-state index in [1.165, 1.54) is 14.1 Å². The van der Waals surface area contributed by atoms with Crippen molar-refractivity contribution >= 4 is 52.2 Å². The van der Waals surface area contributed by atoms with Gasteiger partial charge in [0.2, 0.25) is 11.8 Å². The van der Waals surface area contributed by atoms with Crippen LogP contribution < -0.4 is 15.5 Å². The fraction of sp³-hybridized carbons (Fsp3) is 0.333. The van der Waals surface area contributed by atoms with E-state index < -0.39 is 23.3 Å². The van der Waals surface area contributed by atoms with Crippen molar-refractivity contribution in [3.8, 4) is 0 Å². The van der Waals surface area contributed by atoms with Gasteiger partial charge in [-0.2, -0.15) is 0 Å². The van der Waals surface area contributed by atoms with E-state index >= 15 is 0 Å². The van der Waals surface area contributed by atoms with Gasteiger partial charge in [-0.1, -0.05) is 18.2 Å². The summed E-state index contributed by atoms with van der Waals surface area (Å²) in [5.74, 6) is -0.837. The lowest BCUT2D eigenvalue weighted by atomic mass is 9.68. The Balaban J connectivity index is 1.48. The predicted octanol–water partition coefficient (Wildman–Crippen LogP) is 3.06. The average Bonchev–Trinajstić information content (AvgIpc) is 3.31. The Morgan fingerprint density at radius 1 is 0.970 bits per heavy atom. The van der Waals surface area contributed by atoms with Gasteiger partial charge in [-0.3, -0.25) is 19.4 Å².